The van der Waals surface area contributed by atoms with Crippen LogP contribution in [0.1, 0.15) is 36.8 Å². The van der Waals surface area contributed by atoms with Gasteiger partial charge in [0, 0.05) is 38.8 Å². The van der Waals surface area contributed by atoms with Crippen molar-refractivity contribution in [3.8, 4) is 0 Å². The maximum atomic E-state index is 12.0. The smallest absolute Gasteiger partial charge is 0.234 e. The molecule has 0 spiro atoms. The number of rotatable bonds is 14. The van der Waals surface area contributed by atoms with Crippen molar-refractivity contribution in [2.75, 3.05) is 10.6 Å². The Kier molecular flexibility index (Phi) is 12.4. The predicted molar refractivity (Wildman–Crippen MR) is 155 cm³/mol. The molecule has 0 heterocycles. The first-order valence-corrected chi connectivity index (χ1v) is 13.3. The van der Waals surface area contributed by atoms with Crippen LogP contribution in [0.15, 0.2) is 72.8 Å². The number of hydrogen-bond acceptors (Lipinski definition) is 6. The van der Waals surface area contributed by atoms with Crippen molar-refractivity contribution in [1.29, 1.82) is 0 Å². The number of amides is 4. The van der Waals surface area contributed by atoms with Gasteiger partial charge in [-0.3, -0.25) is 30.0 Å². The Bertz CT molecular complexity index is 1220. The standard InChI is InChI=1S/C28H30Cl2N6O4/c29-21-5-1-3-7-23(21)33-25(37)13-15-27(39)35-31-17-19-9-11-20(12-10-19)18-32-36-28(40)16-14-26(38)34-24-8-4-2-6-22(24)30/h1-12,31-32H,13-18H2,(H,33,37)(H,34,38)(H,35,39)(H,36,40). The van der Waals surface area contributed by atoms with Gasteiger partial charge in [0.1, 0.15) is 0 Å². The fourth-order valence-electron chi connectivity index (χ4n) is 3.39. The third kappa shape index (κ3) is 11.0. The molecule has 12 heteroatoms. The van der Waals surface area contributed by atoms with E-state index < -0.39 is 0 Å². The second kappa shape index (κ2) is 16.2. The van der Waals surface area contributed by atoms with Gasteiger partial charge in [-0.05, 0) is 35.4 Å². The SMILES string of the molecule is O=C(CCC(=O)Nc1ccccc1Cl)NNCc1ccc(CNNC(=O)CCC(=O)Nc2ccccc2Cl)cc1. The van der Waals surface area contributed by atoms with E-state index in [1.165, 1.54) is 0 Å². The summed E-state index contributed by atoms with van der Waals surface area (Å²) in [6.45, 7) is 0.774. The molecule has 3 aromatic carbocycles. The summed E-state index contributed by atoms with van der Waals surface area (Å²) in [6.07, 6.45) is 0.0801. The summed E-state index contributed by atoms with van der Waals surface area (Å²) in [5.74, 6) is -1.23. The number of carbonyl (C=O) groups is 4. The number of nitrogens with one attached hydrogen (secondary N) is 6. The quantitative estimate of drug-likeness (QED) is 0.158. The number of para-hydroxylation sites is 2. The first-order valence-electron chi connectivity index (χ1n) is 12.5. The van der Waals surface area contributed by atoms with E-state index in [1.54, 1.807) is 48.5 Å². The summed E-state index contributed by atoms with van der Waals surface area (Å²) < 4.78 is 0. The van der Waals surface area contributed by atoms with Gasteiger partial charge in [-0.15, -0.1) is 0 Å². The first kappa shape index (κ1) is 30.6. The van der Waals surface area contributed by atoms with Gasteiger partial charge in [-0.1, -0.05) is 71.7 Å². The molecule has 0 saturated heterocycles. The molecule has 6 N–H and O–H groups in total. The summed E-state index contributed by atoms with van der Waals surface area (Å²) in [4.78, 5) is 48.1. The fraction of sp³-hybridized carbons (Fsp3) is 0.214. The highest BCUT2D eigenvalue weighted by molar-refractivity contribution is 6.34. The molecular formula is C28H30Cl2N6O4. The molecule has 0 aliphatic rings. The van der Waals surface area contributed by atoms with E-state index in [9.17, 15) is 19.2 Å². The van der Waals surface area contributed by atoms with Gasteiger partial charge in [0.15, 0.2) is 0 Å². The zero-order valence-corrected chi connectivity index (χ0v) is 23.1. The molecule has 0 radical (unpaired) electrons. The second-order valence-electron chi connectivity index (χ2n) is 8.68. The molecule has 0 bridgehead atoms. The minimum Gasteiger partial charge on any atom is -0.325 e. The largest absolute Gasteiger partial charge is 0.325 e. The Morgan fingerprint density at radius 2 is 0.850 bits per heavy atom. The van der Waals surface area contributed by atoms with Crippen LogP contribution in [0.25, 0.3) is 0 Å². The van der Waals surface area contributed by atoms with Crippen molar-refractivity contribution < 1.29 is 19.2 Å². The second-order valence-corrected chi connectivity index (χ2v) is 9.49. The molecule has 10 nitrogen and oxygen atoms in total. The van der Waals surface area contributed by atoms with Crippen LogP contribution in [0.3, 0.4) is 0 Å². The van der Waals surface area contributed by atoms with Crippen molar-refractivity contribution in [3.05, 3.63) is 94.0 Å². The van der Waals surface area contributed by atoms with Gasteiger partial charge < -0.3 is 10.6 Å². The van der Waals surface area contributed by atoms with E-state index in [1.807, 2.05) is 24.3 Å². The van der Waals surface area contributed by atoms with Crippen molar-refractivity contribution in [1.82, 2.24) is 21.7 Å². The van der Waals surface area contributed by atoms with E-state index in [-0.39, 0.29) is 49.3 Å². The summed E-state index contributed by atoms with van der Waals surface area (Å²) in [5, 5.41) is 6.21. The van der Waals surface area contributed by atoms with E-state index in [0.29, 0.717) is 34.5 Å². The maximum absolute atomic E-state index is 12.0. The summed E-state index contributed by atoms with van der Waals surface area (Å²) in [5.41, 5.74) is 13.7. The van der Waals surface area contributed by atoms with Crippen molar-refractivity contribution in [2.45, 2.75) is 38.8 Å². The molecule has 3 rings (SSSR count). The van der Waals surface area contributed by atoms with Crippen molar-refractivity contribution >= 4 is 58.2 Å². The third-order valence-corrected chi connectivity index (χ3v) is 6.18. The predicted octanol–water partition coefficient (Wildman–Crippen LogP) is 4.07. The number of benzene rings is 3. The van der Waals surface area contributed by atoms with Crippen LogP contribution in [0, 0.1) is 0 Å². The lowest BCUT2D eigenvalue weighted by atomic mass is 10.1. The van der Waals surface area contributed by atoms with Gasteiger partial charge >= 0.3 is 0 Å². The maximum Gasteiger partial charge on any atom is 0.234 e. The number of anilines is 2. The molecule has 4 amide bonds. The van der Waals surface area contributed by atoms with Crippen LogP contribution in [0.2, 0.25) is 10.0 Å². The Balaban J connectivity index is 1.25. The fourth-order valence-corrected chi connectivity index (χ4v) is 3.76. The Hall–Kier alpha value is -3.96. The van der Waals surface area contributed by atoms with Gasteiger partial charge in [-0.2, -0.15) is 0 Å². The normalized spacial score (nSPS) is 10.4. The average molecular weight is 585 g/mol. The van der Waals surface area contributed by atoms with Crippen LogP contribution >= 0.6 is 23.2 Å². The number of halogens is 2. The number of carbonyl (C=O) groups excluding carboxylic acids is 4. The Morgan fingerprint density at radius 3 is 1.23 bits per heavy atom. The van der Waals surface area contributed by atoms with Crippen molar-refractivity contribution in [3.63, 3.8) is 0 Å². The van der Waals surface area contributed by atoms with Crippen LogP contribution in [0.4, 0.5) is 11.4 Å². The van der Waals surface area contributed by atoms with Crippen LogP contribution < -0.4 is 32.3 Å². The summed E-state index contributed by atoms with van der Waals surface area (Å²) in [6, 6.07) is 21.3. The number of hydrogen-bond donors (Lipinski definition) is 6. The molecule has 3 aromatic rings. The van der Waals surface area contributed by atoms with Gasteiger partial charge in [0.05, 0.1) is 21.4 Å². The van der Waals surface area contributed by atoms with Gasteiger partial charge in [0.25, 0.3) is 0 Å². The van der Waals surface area contributed by atoms with E-state index in [2.05, 4.69) is 32.3 Å². The van der Waals surface area contributed by atoms with Crippen molar-refractivity contribution in [2.24, 2.45) is 0 Å². The number of hydrazine groups is 2. The molecular weight excluding hydrogens is 555 g/mol. The van der Waals surface area contributed by atoms with E-state index in [4.69, 9.17) is 23.2 Å². The summed E-state index contributed by atoms with van der Waals surface area (Å²) in [7, 11) is 0. The summed E-state index contributed by atoms with van der Waals surface area (Å²) >= 11 is 12.0. The molecule has 0 aromatic heterocycles. The van der Waals surface area contributed by atoms with Crippen LogP contribution in [0.5, 0.6) is 0 Å². The highest BCUT2D eigenvalue weighted by Gasteiger charge is 2.10. The lowest BCUT2D eigenvalue weighted by Gasteiger charge is -2.10. The molecule has 0 unspecified atom stereocenters. The minimum absolute atomic E-state index is 0.0195. The van der Waals surface area contributed by atoms with E-state index in [0.717, 1.165) is 11.1 Å². The molecule has 0 aliphatic carbocycles. The average Bonchev–Trinajstić information content (AvgIpc) is 2.94. The topological polar surface area (TPSA) is 140 Å². The lowest BCUT2D eigenvalue weighted by molar-refractivity contribution is -0.125. The molecule has 40 heavy (non-hydrogen) atoms. The molecule has 0 saturated carbocycles. The van der Waals surface area contributed by atoms with Gasteiger partial charge in [0.2, 0.25) is 23.6 Å². The zero-order valence-electron chi connectivity index (χ0n) is 21.6. The van der Waals surface area contributed by atoms with E-state index >= 15 is 0 Å². The first-order chi connectivity index (χ1) is 19.3. The van der Waals surface area contributed by atoms with Gasteiger partial charge in [-0.25, -0.2) is 10.9 Å². The molecule has 0 aliphatic heterocycles. The Labute approximate surface area is 242 Å². The molecule has 0 fully saturated rings. The zero-order chi connectivity index (χ0) is 28.7. The minimum atomic E-state index is -0.313. The highest BCUT2D eigenvalue weighted by atomic mass is 35.5. The third-order valence-electron chi connectivity index (χ3n) is 5.52. The Morgan fingerprint density at radius 1 is 0.500 bits per heavy atom. The molecule has 210 valence electrons. The monoisotopic (exact) mass is 584 g/mol. The van der Waals surface area contributed by atoms with Crippen LogP contribution in [-0.4, -0.2) is 23.6 Å². The van der Waals surface area contributed by atoms with Crippen LogP contribution in [-0.2, 0) is 32.3 Å². The lowest BCUT2D eigenvalue weighted by Crippen LogP contribution is -2.37. The highest BCUT2D eigenvalue weighted by Crippen LogP contribution is 2.21. The molecule has 0 atom stereocenters.